The maximum Gasteiger partial charge on any atom is 0.243 e. The predicted octanol–water partition coefficient (Wildman–Crippen LogP) is 1.32. The lowest BCUT2D eigenvalue weighted by atomic mass is 10.1. The molecule has 0 aromatic carbocycles. The van der Waals surface area contributed by atoms with E-state index in [1.807, 2.05) is 0 Å². The summed E-state index contributed by atoms with van der Waals surface area (Å²) in [5, 5.41) is 7.30. The number of nitrogens with zero attached hydrogens (tertiary/aromatic N) is 2. The van der Waals surface area contributed by atoms with Crippen LogP contribution >= 0.6 is 0 Å². The van der Waals surface area contributed by atoms with Gasteiger partial charge in [-0.05, 0) is 12.3 Å². The first-order chi connectivity index (χ1) is 7.69. The number of nitrogens with one attached hydrogen (secondary N) is 1. The van der Waals surface area contributed by atoms with Gasteiger partial charge in [0.1, 0.15) is 0 Å². The molecule has 0 bridgehead atoms. The van der Waals surface area contributed by atoms with Gasteiger partial charge in [0.15, 0.2) is 5.82 Å². The van der Waals surface area contributed by atoms with Crippen molar-refractivity contribution >= 4 is 0 Å². The molecule has 0 aliphatic carbocycles. The highest BCUT2D eigenvalue weighted by molar-refractivity contribution is 4.98. The van der Waals surface area contributed by atoms with Crippen LogP contribution in [0.1, 0.15) is 38.0 Å². The Labute approximate surface area is 95.6 Å². The third-order valence-corrected chi connectivity index (χ3v) is 2.80. The summed E-state index contributed by atoms with van der Waals surface area (Å²) in [6.07, 6.45) is 2.02. The number of hydrogen-bond acceptors (Lipinski definition) is 5. The van der Waals surface area contributed by atoms with E-state index < -0.39 is 0 Å². The van der Waals surface area contributed by atoms with E-state index in [4.69, 9.17) is 9.26 Å². The average Bonchev–Trinajstić information content (AvgIpc) is 2.83. The zero-order valence-electron chi connectivity index (χ0n) is 10.1. The number of methoxy groups -OCH3 is 1. The molecule has 1 aliphatic rings. The van der Waals surface area contributed by atoms with Crippen LogP contribution in [0.3, 0.4) is 0 Å². The molecule has 0 unspecified atom stereocenters. The van der Waals surface area contributed by atoms with Gasteiger partial charge in [-0.1, -0.05) is 19.0 Å². The van der Waals surface area contributed by atoms with E-state index in [0.717, 1.165) is 25.2 Å². The number of aromatic nitrogens is 2. The molecule has 1 aliphatic heterocycles. The molecule has 5 heteroatoms. The predicted molar refractivity (Wildman–Crippen MR) is 59.0 cm³/mol. The van der Waals surface area contributed by atoms with Crippen LogP contribution in [0.25, 0.3) is 0 Å². The van der Waals surface area contributed by atoms with Gasteiger partial charge >= 0.3 is 0 Å². The van der Waals surface area contributed by atoms with E-state index in [1.54, 1.807) is 7.11 Å². The Morgan fingerprint density at radius 2 is 2.38 bits per heavy atom. The first-order valence-electron chi connectivity index (χ1n) is 5.77. The highest BCUT2D eigenvalue weighted by Crippen LogP contribution is 2.23. The molecule has 90 valence electrons. The molecule has 5 nitrogen and oxygen atoms in total. The summed E-state index contributed by atoms with van der Waals surface area (Å²) in [5.41, 5.74) is 0. The van der Waals surface area contributed by atoms with Crippen molar-refractivity contribution in [1.82, 2.24) is 15.5 Å². The highest BCUT2D eigenvalue weighted by atomic mass is 16.5. The fraction of sp³-hybridized carbons (Fsp3) is 0.818. The number of hydrogen-bond donors (Lipinski definition) is 1. The van der Waals surface area contributed by atoms with E-state index in [1.165, 1.54) is 0 Å². The van der Waals surface area contributed by atoms with Crippen LogP contribution in [0, 0.1) is 5.92 Å². The Hall–Kier alpha value is -0.940. The van der Waals surface area contributed by atoms with Crippen molar-refractivity contribution in [3.05, 3.63) is 11.7 Å². The summed E-state index contributed by atoms with van der Waals surface area (Å²) < 4.78 is 10.5. The normalized spacial score (nSPS) is 25.5. The second-order valence-corrected chi connectivity index (χ2v) is 4.70. The molecule has 1 saturated heterocycles. The third kappa shape index (κ3) is 2.59. The summed E-state index contributed by atoms with van der Waals surface area (Å²) in [5.74, 6) is 2.04. The topological polar surface area (TPSA) is 60.2 Å². The molecular formula is C11H19N3O2. The Bertz CT molecular complexity index is 338. The third-order valence-electron chi connectivity index (χ3n) is 2.80. The van der Waals surface area contributed by atoms with Gasteiger partial charge in [0, 0.05) is 20.1 Å². The van der Waals surface area contributed by atoms with Crippen molar-refractivity contribution in [3.8, 4) is 0 Å². The molecule has 1 fully saturated rings. The zero-order chi connectivity index (χ0) is 11.5. The molecular weight excluding hydrogens is 206 g/mol. The fourth-order valence-electron chi connectivity index (χ4n) is 1.93. The van der Waals surface area contributed by atoms with Crippen LogP contribution < -0.4 is 5.32 Å². The molecule has 2 heterocycles. The maximum absolute atomic E-state index is 5.28. The standard InChI is InChI=1S/C11H19N3O2/c1-7(2)4-10-13-11(16-14-10)9-5-8(15-3)6-12-9/h7-9,12H,4-6H2,1-3H3/t8-,9+/m0/s1. The minimum Gasteiger partial charge on any atom is -0.380 e. The summed E-state index contributed by atoms with van der Waals surface area (Å²) in [6, 6.07) is 0.151. The minimum absolute atomic E-state index is 0.151. The van der Waals surface area contributed by atoms with Crippen LogP contribution in [0.2, 0.25) is 0 Å². The van der Waals surface area contributed by atoms with Gasteiger partial charge in [-0.15, -0.1) is 0 Å². The average molecular weight is 225 g/mol. The van der Waals surface area contributed by atoms with Gasteiger partial charge in [0.2, 0.25) is 5.89 Å². The van der Waals surface area contributed by atoms with Gasteiger partial charge in [0.25, 0.3) is 0 Å². The largest absolute Gasteiger partial charge is 0.380 e. The molecule has 0 radical (unpaired) electrons. The van der Waals surface area contributed by atoms with E-state index in [2.05, 4.69) is 29.3 Å². The Morgan fingerprint density at radius 3 is 3.00 bits per heavy atom. The van der Waals surface area contributed by atoms with Crippen LogP contribution in [-0.4, -0.2) is 29.9 Å². The summed E-state index contributed by atoms with van der Waals surface area (Å²) in [6.45, 7) is 5.14. The van der Waals surface area contributed by atoms with Crippen LogP contribution in [-0.2, 0) is 11.2 Å². The SMILES string of the molecule is CO[C@@H]1CN[C@@H](c2nc(CC(C)C)no2)C1. The highest BCUT2D eigenvalue weighted by Gasteiger charge is 2.29. The molecule has 1 aromatic rings. The van der Waals surface area contributed by atoms with Crippen molar-refractivity contribution in [2.45, 2.75) is 38.8 Å². The minimum atomic E-state index is 0.151. The van der Waals surface area contributed by atoms with Crippen molar-refractivity contribution in [2.75, 3.05) is 13.7 Å². The summed E-state index contributed by atoms with van der Waals surface area (Å²) in [7, 11) is 1.73. The summed E-state index contributed by atoms with van der Waals surface area (Å²) >= 11 is 0. The van der Waals surface area contributed by atoms with E-state index in [-0.39, 0.29) is 12.1 Å². The molecule has 0 spiro atoms. The van der Waals surface area contributed by atoms with Crippen molar-refractivity contribution < 1.29 is 9.26 Å². The Balaban J connectivity index is 1.97. The lowest BCUT2D eigenvalue weighted by Gasteiger charge is -2.04. The van der Waals surface area contributed by atoms with Gasteiger partial charge in [-0.25, -0.2) is 0 Å². The summed E-state index contributed by atoms with van der Waals surface area (Å²) in [4.78, 5) is 4.41. The molecule has 1 N–H and O–H groups in total. The Morgan fingerprint density at radius 1 is 1.56 bits per heavy atom. The molecule has 2 atom stereocenters. The quantitative estimate of drug-likeness (QED) is 0.837. The smallest absolute Gasteiger partial charge is 0.243 e. The first kappa shape index (κ1) is 11.5. The maximum atomic E-state index is 5.28. The van der Waals surface area contributed by atoms with Gasteiger partial charge < -0.3 is 14.6 Å². The number of rotatable bonds is 4. The van der Waals surface area contributed by atoms with Gasteiger partial charge in [0.05, 0.1) is 12.1 Å². The van der Waals surface area contributed by atoms with Gasteiger partial charge in [-0.3, -0.25) is 0 Å². The molecule has 0 saturated carbocycles. The second kappa shape index (κ2) is 4.93. The van der Waals surface area contributed by atoms with E-state index in [9.17, 15) is 0 Å². The van der Waals surface area contributed by atoms with Crippen LogP contribution in [0.5, 0.6) is 0 Å². The lowest BCUT2D eigenvalue weighted by molar-refractivity contribution is 0.116. The van der Waals surface area contributed by atoms with Crippen LogP contribution in [0.15, 0.2) is 4.52 Å². The molecule has 1 aromatic heterocycles. The molecule has 16 heavy (non-hydrogen) atoms. The Kier molecular flexibility index (Phi) is 3.56. The van der Waals surface area contributed by atoms with Crippen molar-refractivity contribution in [1.29, 1.82) is 0 Å². The number of ether oxygens (including phenoxy) is 1. The fourth-order valence-corrected chi connectivity index (χ4v) is 1.93. The van der Waals surface area contributed by atoms with Crippen molar-refractivity contribution in [3.63, 3.8) is 0 Å². The van der Waals surface area contributed by atoms with E-state index >= 15 is 0 Å². The molecule has 0 amide bonds. The molecule has 2 rings (SSSR count). The first-order valence-corrected chi connectivity index (χ1v) is 5.77. The monoisotopic (exact) mass is 225 g/mol. The van der Waals surface area contributed by atoms with Crippen molar-refractivity contribution in [2.24, 2.45) is 5.92 Å². The second-order valence-electron chi connectivity index (χ2n) is 4.70. The van der Waals surface area contributed by atoms with Gasteiger partial charge in [-0.2, -0.15) is 4.98 Å². The lowest BCUT2D eigenvalue weighted by Crippen LogP contribution is -2.16. The zero-order valence-corrected chi connectivity index (χ0v) is 10.1. The van der Waals surface area contributed by atoms with Crippen LogP contribution in [0.4, 0.5) is 0 Å². The van der Waals surface area contributed by atoms with E-state index in [0.29, 0.717) is 11.8 Å².